The van der Waals surface area contributed by atoms with Crippen LogP contribution in [0.15, 0.2) is 0 Å². The summed E-state index contributed by atoms with van der Waals surface area (Å²) in [4.78, 5) is 0. The molecular weight excluding hydrogens is 381 g/mol. The summed E-state index contributed by atoms with van der Waals surface area (Å²) in [7, 11) is -5.69. The second-order valence-corrected chi connectivity index (χ2v) is 8.62. The summed E-state index contributed by atoms with van der Waals surface area (Å²) in [6.45, 7) is 4.34. The summed E-state index contributed by atoms with van der Waals surface area (Å²) in [6.07, 6.45) is -12.5. The first-order valence-electron chi connectivity index (χ1n) is 7.50. The zero-order valence-electron chi connectivity index (χ0n) is 14.9. The third-order valence-corrected chi connectivity index (χ3v) is 5.43. The molecule has 0 heterocycles. The molecule has 12 heteroatoms. The van der Waals surface area contributed by atoms with Crippen molar-refractivity contribution in [3.63, 3.8) is 0 Å². The molecule has 0 aromatic carbocycles. The van der Waals surface area contributed by atoms with Gasteiger partial charge in [0.2, 0.25) is 0 Å². The van der Waals surface area contributed by atoms with Crippen molar-refractivity contribution in [2.24, 2.45) is 0 Å². The molecule has 0 rings (SSSR count). The minimum atomic E-state index is -5.69. The molecule has 0 aromatic rings. The molecule has 0 unspecified atom stereocenters. The van der Waals surface area contributed by atoms with Crippen molar-refractivity contribution in [2.75, 3.05) is 13.2 Å². The predicted molar refractivity (Wildman–Crippen MR) is 79.6 cm³/mol. The first kappa shape index (κ1) is 24.8. The van der Waals surface area contributed by atoms with Gasteiger partial charge in [0.15, 0.2) is 0 Å². The number of hydrogen-bond acceptors (Lipinski definition) is 5. The molecule has 0 N–H and O–H groups in total. The Hall–Kier alpha value is -0.190. The Morgan fingerprint density at radius 2 is 0.840 bits per heavy atom. The van der Waals surface area contributed by atoms with E-state index in [0.29, 0.717) is 0 Å². The number of rotatable bonds is 10. The molecule has 0 spiro atoms. The third kappa shape index (κ3) is 9.91. The Labute approximate surface area is 143 Å². The second-order valence-electron chi connectivity index (χ2n) is 5.99. The van der Waals surface area contributed by atoms with E-state index in [2.05, 4.69) is 0 Å². The summed E-state index contributed by atoms with van der Waals surface area (Å²) in [5, 5.41) is 0. The Balaban J connectivity index is 6.10. The van der Waals surface area contributed by atoms with Gasteiger partial charge in [0.05, 0.1) is 0 Å². The maximum atomic E-state index is 12.7. The van der Waals surface area contributed by atoms with Crippen molar-refractivity contribution in [2.45, 2.75) is 72.2 Å². The van der Waals surface area contributed by atoms with Gasteiger partial charge in [-0.15, -0.1) is 0 Å². The molecule has 5 nitrogen and oxygen atoms in total. The molecule has 0 amide bonds. The van der Waals surface area contributed by atoms with Crippen molar-refractivity contribution < 1.29 is 49.0 Å². The molecule has 0 aliphatic rings. The van der Waals surface area contributed by atoms with Crippen LogP contribution in [0.25, 0.3) is 0 Å². The summed E-state index contributed by atoms with van der Waals surface area (Å²) in [5.74, 6) is 0. The maximum absolute atomic E-state index is 12.7. The summed E-state index contributed by atoms with van der Waals surface area (Å²) in [6, 6.07) is 0. The zero-order chi connectivity index (χ0) is 20.1. The fourth-order valence-electron chi connectivity index (χ4n) is 1.68. The van der Waals surface area contributed by atoms with Gasteiger partial charge in [0, 0.05) is 0 Å². The molecule has 0 aromatic heterocycles. The standard InChI is InChI=1S/C13H25F6O5P/c1-9(2)22-25(23-10(3)4,24-11(5)6,20-7-12(14,15)16)21-8-13(17,18)19/h9-11H,7-8H2,1-6H3. The fourth-order valence-corrected chi connectivity index (χ4v) is 5.05. The molecule has 0 radical (unpaired) electrons. The van der Waals surface area contributed by atoms with Crippen LogP contribution >= 0.6 is 7.74 Å². The quantitative estimate of drug-likeness (QED) is 0.352. The monoisotopic (exact) mass is 406 g/mol. The van der Waals surface area contributed by atoms with E-state index in [1.54, 1.807) is 0 Å². The van der Waals surface area contributed by atoms with Crippen LogP contribution in [0.4, 0.5) is 26.3 Å². The Kier molecular flexibility index (Phi) is 8.60. The average molecular weight is 406 g/mol. The van der Waals surface area contributed by atoms with Gasteiger partial charge < -0.3 is 0 Å². The Morgan fingerprint density at radius 3 is 1.00 bits per heavy atom. The van der Waals surface area contributed by atoms with Gasteiger partial charge in [-0.3, -0.25) is 0 Å². The van der Waals surface area contributed by atoms with Crippen LogP contribution in [0.2, 0.25) is 0 Å². The van der Waals surface area contributed by atoms with Crippen LogP contribution in [-0.2, 0) is 22.6 Å². The molecule has 25 heavy (non-hydrogen) atoms. The van der Waals surface area contributed by atoms with E-state index in [4.69, 9.17) is 22.6 Å². The van der Waals surface area contributed by atoms with Crippen molar-refractivity contribution in [3.8, 4) is 0 Å². The Bertz CT molecular complexity index is 359. The van der Waals surface area contributed by atoms with Crippen LogP contribution < -0.4 is 0 Å². The average Bonchev–Trinajstić information content (AvgIpc) is 2.30. The summed E-state index contributed by atoms with van der Waals surface area (Å²) < 4.78 is 101. The van der Waals surface area contributed by atoms with Gasteiger partial charge in [-0.05, 0) is 0 Å². The van der Waals surface area contributed by atoms with E-state index < -0.39 is 51.6 Å². The molecule has 0 saturated carbocycles. The van der Waals surface area contributed by atoms with Crippen molar-refractivity contribution in [1.82, 2.24) is 0 Å². The van der Waals surface area contributed by atoms with Crippen LogP contribution in [0.1, 0.15) is 41.5 Å². The van der Waals surface area contributed by atoms with Crippen molar-refractivity contribution in [1.29, 1.82) is 0 Å². The van der Waals surface area contributed by atoms with Gasteiger partial charge in [0.1, 0.15) is 0 Å². The first-order valence-corrected chi connectivity index (χ1v) is 9.33. The van der Waals surface area contributed by atoms with Gasteiger partial charge in [0.25, 0.3) is 0 Å². The van der Waals surface area contributed by atoms with Crippen molar-refractivity contribution >= 4 is 7.74 Å². The molecular formula is C13H25F6O5P. The fraction of sp³-hybridized carbons (Fsp3) is 1.00. The van der Waals surface area contributed by atoms with Gasteiger partial charge in [-0.1, -0.05) is 0 Å². The number of alkyl halides is 6. The molecule has 0 aliphatic carbocycles. The number of hydrogen-bond donors (Lipinski definition) is 0. The van der Waals surface area contributed by atoms with E-state index in [9.17, 15) is 26.3 Å². The SMILES string of the molecule is CC(C)OP(OCC(F)(F)F)(OCC(F)(F)F)(OC(C)C)OC(C)C. The van der Waals surface area contributed by atoms with Crippen LogP contribution in [-0.4, -0.2) is 43.9 Å². The third-order valence-electron chi connectivity index (χ3n) is 2.03. The van der Waals surface area contributed by atoms with E-state index in [0.717, 1.165) is 0 Å². The summed E-state index contributed by atoms with van der Waals surface area (Å²) >= 11 is 0. The topological polar surface area (TPSA) is 46.2 Å². The van der Waals surface area contributed by atoms with Crippen molar-refractivity contribution in [3.05, 3.63) is 0 Å². The van der Waals surface area contributed by atoms with E-state index in [1.165, 1.54) is 41.5 Å². The zero-order valence-corrected chi connectivity index (χ0v) is 15.8. The van der Waals surface area contributed by atoms with Crippen LogP contribution in [0.3, 0.4) is 0 Å². The molecule has 0 bridgehead atoms. The molecule has 154 valence electrons. The predicted octanol–water partition coefficient (Wildman–Crippen LogP) is 5.55. The first-order chi connectivity index (χ1) is 11.0. The summed E-state index contributed by atoms with van der Waals surface area (Å²) in [5.41, 5.74) is 0. The van der Waals surface area contributed by atoms with E-state index in [1.807, 2.05) is 0 Å². The Morgan fingerprint density at radius 1 is 0.600 bits per heavy atom. The van der Waals surface area contributed by atoms with Gasteiger partial charge in [-0.25, -0.2) is 0 Å². The normalized spacial score (nSPS) is 15.9. The van der Waals surface area contributed by atoms with Crippen LogP contribution in [0.5, 0.6) is 0 Å². The molecule has 0 aliphatic heterocycles. The van der Waals surface area contributed by atoms with Crippen LogP contribution in [0, 0.1) is 0 Å². The molecule has 0 atom stereocenters. The van der Waals surface area contributed by atoms with Gasteiger partial charge in [-0.2, -0.15) is 0 Å². The number of halogens is 6. The molecule has 0 fully saturated rings. The van der Waals surface area contributed by atoms with Gasteiger partial charge >= 0.3 is 142 Å². The van der Waals surface area contributed by atoms with E-state index in [-0.39, 0.29) is 0 Å². The minimum absolute atomic E-state index is 0.906. The second kappa shape index (κ2) is 8.67. The molecule has 0 saturated heterocycles. The van der Waals surface area contributed by atoms with E-state index >= 15 is 0 Å².